The maximum atomic E-state index is 5.80. The van der Waals surface area contributed by atoms with Crippen LogP contribution in [0.1, 0.15) is 11.3 Å². The van der Waals surface area contributed by atoms with Gasteiger partial charge in [-0.15, -0.1) is 0 Å². The largest absolute Gasteiger partial charge is 0.489 e. The molecule has 0 radical (unpaired) electrons. The van der Waals surface area contributed by atoms with E-state index in [2.05, 4.69) is 36.2 Å². The summed E-state index contributed by atoms with van der Waals surface area (Å²) in [6.07, 6.45) is 0. The number of hydrogen-bond acceptors (Lipinski definition) is 1. The molecule has 2 heteroatoms. The molecule has 0 aliphatic rings. The Morgan fingerprint density at radius 2 is 1.83 bits per heavy atom. The first-order valence-corrected chi connectivity index (χ1v) is 6.08. The maximum absolute atomic E-state index is 5.80. The van der Waals surface area contributed by atoms with Crippen LogP contribution in [0.2, 0.25) is 0 Å². The van der Waals surface area contributed by atoms with Gasteiger partial charge in [-0.05, 0) is 36.8 Å². The van der Waals surface area contributed by atoms with Gasteiger partial charge in [0.2, 0.25) is 0 Å². The van der Waals surface area contributed by atoms with Crippen molar-refractivity contribution in [1.29, 1.82) is 0 Å². The van der Waals surface area contributed by atoms with Crippen molar-refractivity contribution >= 4 is 10.9 Å². The van der Waals surface area contributed by atoms with Gasteiger partial charge in [-0.2, -0.15) is 0 Å². The van der Waals surface area contributed by atoms with E-state index in [1.54, 1.807) is 0 Å². The van der Waals surface area contributed by atoms with E-state index in [4.69, 9.17) is 4.74 Å². The van der Waals surface area contributed by atoms with Gasteiger partial charge >= 0.3 is 0 Å². The number of aryl methyl sites for hydroxylation is 1. The lowest BCUT2D eigenvalue weighted by Gasteiger charge is -2.06. The van der Waals surface area contributed by atoms with Crippen LogP contribution in [0, 0.1) is 6.92 Å². The molecule has 3 aromatic rings. The Kier molecular flexibility index (Phi) is 2.77. The fourth-order valence-electron chi connectivity index (χ4n) is 2.16. The second-order valence-electron chi connectivity index (χ2n) is 4.43. The minimum Gasteiger partial charge on any atom is -0.489 e. The van der Waals surface area contributed by atoms with Crippen LogP contribution in [0.4, 0.5) is 0 Å². The summed E-state index contributed by atoms with van der Waals surface area (Å²) in [6.45, 7) is 2.67. The average molecular weight is 237 g/mol. The lowest BCUT2D eigenvalue weighted by molar-refractivity contribution is 0.307. The zero-order chi connectivity index (χ0) is 12.4. The third kappa shape index (κ3) is 2.09. The highest BCUT2D eigenvalue weighted by Crippen LogP contribution is 2.21. The molecule has 0 spiro atoms. The van der Waals surface area contributed by atoms with Crippen LogP contribution >= 0.6 is 0 Å². The summed E-state index contributed by atoms with van der Waals surface area (Å²) < 4.78 is 5.80. The Morgan fingerprint density at radius 3 is 2.67 bits per heavy atom. The molecule has 0 atom stereocenters. The molecule has 0 fully saturated rings. The molecule has 0 saturated heterocycles. The topological polar surface area (TPSA) is 25.0 Å². The molecule has 3 rings (SSSR count). The number of hydrogen-bond donors (Lipinski definition) is 1. The first-order chi connectivity index (χ1) is 8.83. The van der Waals surface area contributed by atoms with E-state index < -0.39 is 0 Å². The van der Waals surface area contributed by atoms with E-state index in [0.29, 0.717) is 6.61 Å². The fourth-order valence-corrected chi connectivity index (χ4v) is 2.16. The summed E-state index contributed by atoms with van der Waals surface area (Å²) >= 11 is 0. The monoisotopic (exact) mass is 237 g/mol. The van der Waals surface area contributed by atoms with E-state index in [1.807, 2.05) is 30.3 Å². The second-order valence-corrected chi connectivity index (χ2v) is 4.43. The lowest BCUT2D eigenvalue weighted by atomic mass is 10.1. The van der Waals surface area contributed by atoms with Gasteiger partial charge in [-0.1, -0.05) is 30.3 Å². The van der Waals surface area contributed by atoms with Crippen molar-refractivity contribution in [3.63, 3.8) is 0 Å². The standard InChI is InChI=1S/C16H15NO/c1-12-10-15-13(6-5-9-16(15)17-12)11-18-14-7-3-2-4-8-14/h2-10,17H,11H2,1H3. The smallest absolute Gasteiger partial charge is 0.119 e. The number of aromatic nitrogens is 1. The van der Waals surface area contributed by atoms with Crippen molar-refractivity contribution in [1.82, 2.24) is 4.98 Å². The number of para-hydroxylation sites is 1. The Bertz CT molecular complexity index is 655. The highest BCUT2D eigenvalue weighted by Gasteiger charge is 2.04. The molecule has 1 aromatic heterocycles. The van der Waals surface area contributed by atoms with Gasteiger partial charge in [0.25, 0.3) is 0 Å². The zero-order valence-electron chi connectivity index (χ0n) is 10.3. The highest BCUT2D eigenvalue weighted by molar-refractivity contribution is 5.83. The van der Waals surface area contributed by atoms with Crippen molar-refractivity contribution in [2.75, 3.05) is 0 Å². The second kappa shape index (κ2) is 4.57. The predicted octanol–water partition coefficient (Wildman–Crippen LogP) is 4.06. The number of aromatic amines is 1. The highest BCUT2D eigenvalue weighted by atomic mass is 16.5. The van der Waals surface area contributed by atoms with E-state index in [9.17, 15) is 0 Å². The zero-order valence-corrected chi connectivity index (χ0v) is 10.3. The first kappa shape index (κ1) is 10.9. The van der Waals surface area contributed by atoms with Crippen LogP contribution in [0.15, 0.2) is 54.6 Å². The normalized spacial score (nSPS) is 10.7. The minimum atomic E-state index is 0.596. The Balaban J connectivity index is 1.86. The van der Waals surface area contributed by atoms with Gasteiger partial charge < -0.3 is 9.72 Å². The summed E-state index contributed by atoms with van der Waals surface area (Å²) in [7, 11) is 0. The van der Waals surface area contributed by atoms with Gasteiger partial charge in [0, 0.05) is 16.6 Å². The van der Waals surface area contributed by atoms with Crippen LogP contribution in [0.5, 0.6) is 5.75 Å². The number of rotatable bonds is 3. The third-order valence-corrected chi connectivity index (χ3v) is 3.03. The van der Waals surface area contributed by atoms with E-state index in [-0.39, 0.29) is 0 Å². The molecule has 0 aliphatic carbocycles. The molecule has 18 heavy (non-hydrogen) atoms. The van der Waals surface area contributed by atoms with Crippen molar-refractivity contribution in [2.45, 2.75) is 13.5 Å². The van der Waals surface area contributed by atoms with Gasteiger partial charge in [-0.25, -0.2) is 0 Å². The number of fused-ring (bicyclic) bond motifs is 1. The summed E-state index contributed by atoms with van der Waals surface area (Å²) in [6, 6.07) is 18.3. The lowest BCUT2D eigenvalue weighted by Crippen LogP contribution is -1.95. The van der Waals surface area contributed by atoms with Crippen LogP contribution in [0.25, 0.3) is 10.9 Å². The average Bonchev–Trinajstić information content (AvgIpc) is 2.78. The summed E-state index contributed by atoms with van der Waals surface area (Å²) in [5, 5.41) is 1.24. The summed E-state index contributed by atoms with van der Waals surface area (Å²) in [5.74, 6) is 0.904. The number of benzene rings is 2. The van der Waals surface area contributed by atoms with Crippen LogP contribution in [-0.2, 0) is 6.61 Å². The van der Waals surface area contributed by atoms with Gasteiger partial charge in [0.05, 0.1) is 0 Å². The minimum absolute atomic E-state index is 0.596. The molecule has 1 N–H and O–H groups in total. The van der Waals surface area contributed by atoms with E-state index in [1.165, 1.54) is 22.2 Å². The molecule has 0 amide bonds. The number of H-pyrrole nitrogens is 1. The molecule has 2 nitrogen and oxygen atoms in total. The molecular formula is C16H15NO. The van der Waals surface area contributed by atoms with Crippen molar-refractivity contribution in [3.8, 4) is 5.75 Å². The number of nitrogens with one attached hydrogen (secondary N) is 1. The number of ether oxygens (including phenoxy) is 1. The Labute approximate surface area is 106 Å². The van der Waals surface area contributed by atoms with Gasteiger partial charge in [0.1, 0.15) is 12.4 Å². The van der Waals surface area contributed by atoms with Gasteiger partial charge in [0.15, 0.2) is 0 Å². The maximum Gasteiger partial charge on any atom is 0.119 e. The van der Waals surface area contributed by atoms with Crippen molar-refractivity contribution < 1.29 is 4.74 Å². The van der Waals surface area contributed by atoms with E-state index >= 15 is 0 Å². The SMILES string of the molecule is Cc1cc2c(COc3ccccc3)cccc2[nH]1. The van der Waals surface area contributed by atoms with Crippen molar-refractivity contribution in [3.05, 3.63) is 65.9 Å². The Morgan fingerprint density at radius 1 is 1.00 bits per heavy atom. The molecule has 90 valence electrons. The first-order valence-electron chi connectivity index (χ1n) is 6.08. The molecule has 0 bridgehead atoms. The summed E-state index contributed by atoms with van der Waals surface area (Å²) in [4.78, 5) is 3.34. The van der Waals surface area contributed by atoms with Crippen LogP contribution < -0.4 is 4.74 Å². The molecule has 0 saturated carbocycles. The molecule has 1 heterocycles. The van der Waals surface area contributed by atoms with E-state index in [0.717, 1.165) is 5.75 Å². The van der Waals surface area contributed by atoms with Crippen LogP contribution in [-0.4, -0.2) is 4.98 Å². The molecule has 2 aromatic carbocycles. The van der Waals surface area contributed by atoms with Crippen molar-refractivity contribution in [2.24, 2.45) is 0 Å². The fraction of sp³-hybridized carbons (Fsp3) is 0.125. The molecule has 0 aliphatic heterocycles. The van der Waals surface area contributed by atoms with Gasteiger partial charge in [-0.3, -0.25) is 0 Å². The molecular weight excluding hydrogens is 222 g/mol. The quantitative estimate of drug-likeness (QED) is 0.730. The Hall–Kier alpha value is -2.22. The molecule has 0 unspecified atom stereocenters. The summed E-state index contributed by atoms with van der Waals surface area (Å²) in [5.41, 5.74) is 3.56. The predicted molar refractivity (Wildman–Crippen MR) is 73.8 cm³/mol. The van der Waals surface area contributed by atoms with Crippen LogP contribution in [0.3, 0.4) is 0 Å². The third-order valence-electron chi connectivity index (χ3n) is 3.03.